The second-order valence-corrected chi connectivity index (χ2v) is 10.8. The molecular formula is C28H52N2O16. The molecule has 0 aromatic rings. The number of carbonyl (C=O) groups is 2. The largest absolute Gasteiger partial charge is 0.394 e. The predicted octanol–water partition coefficient (Wildman–Crippen LogP) is -4.25. The summed E-state index contributed by atoms with van der Waals surface area (Å²) in [4.78, 5) is 23.0. The highest BCUT2D eigenvalue weighted by molar-refractivity contribution is 5.73. The molecule has 2 saturated heterocycles. The van der Waals surface area contributed by atoms with Gasteiger partial charge in [-0.05, 0) is 6.42 Å². The normalized spacial score (nSPS) is 31.7. The summed E-state index contributed by atoms with van der Waals surface area (Å²) in [6.07, 6.45) is -8.80. The van der Waals surface area contributed by atoms with Crippen molar-refractivity contribution >= 4 is 11.8 Å². The Balaban J connectivity index is 1.46. The second kappa shape index (κ2) is 22.9. The summed E-state index contributed by atoms with van der Waals surface area (Å²) in [5, 5.41) is 64.4. The zero-order valence-electron chi connectivity index (χ0n) is 26.4. The molecule has 2 aliphatic rings. The first-order valence-corrected chi connectivity index (χ1v) is 15.4. The maximum Gasteiger partial charge on any atom is 0.217 e. The van der Waals surface area contributed by atoms with E-state index in [2.05, 4.69) is 10.6 Å². The summed E-state index contributed by atoms with van der Waals surface area (Å²) in [5.41, 5.74) is 0. The molecule has 0 saturated carbocycles. The van der Waals surface area contributed by atoms with Crippen LogP contribution < -0.4 is 10.6 Å². The number of rotatable bonds is 22. The van der Waals surface area contributed by atoms with Gasteiger partial charge in [-0.3, -0.25) is 9.59 Å². The van der Waals surface area contributed by atoms with Crippen molar-refractivity contribution in [3.05, 3.63) is 0 Å². The molecule has 10 atom stereocenters. The fourth-order valence-electron chi connectivity index (χ4n) is 4.77. The summed E-state index contributed by atoms with van der Waals surface area (Å²) in [6.45, 7) is 4.34. The van der Waals surface area contributed by atoms with Gasteiger partial charge in [-0.2, -0.15) is 0 Å². The third-order valence-electron chi connectivity index (χ3n) is 7.07. The van der Waals surface area contributed by atoms with Gasteiger partial charge < -0.3 is 79.2 Å². The first-order chi connectivity index (χ1) is 22.1. The molecule has 2 fully saturated rings. The first-order valence-electron chi connectivity index (χ1n) is 15.4. The molecule has 10 unspecified atom stereocenters. The number of nitrogens with one attached hydrogen (secondary N) is 2. The molecule has 0 bridgehead atoms. The molecule has 46 heavy (non-hydrogen) atoms. The minimum absolute atomic E-state index is 0.00641. The lowest BCUT2D eigenvalue weighted by Gasteiger charge is -2.42. The molecule has 0 spiro atoms. The van der Waals surface area contributed by atoms with Crippen molar-refractivity contribution in [3.8, 4) is 0 Å². The highest BCUT2D eigenvalue weighted by atomic mass is 16.7. The smallest absolute Gasteiger partial charge is 0.217 e. The van der Waals surface area contributed by atoms with Gasteiger partial charge in [0.25, 0.3) is 0 Å². The fourth-order valence-corrected chi connectivity index (χ4v) is 4.77. The molecule has 0 aromatic carbocycles. The number of hydrogen-bond acceptors (Lipinski definition) is 16. The minimum atomic E-state index is -1.38. The van der Waals surface area contributed by atoms with Crippen LogP contribution in [-0.4, -0.2) is 183 Å². The molecular weight excluding hydrogens is 620 g/mol. The van der Waals surface area contributed by atoms with E-state index in [1.807, 2.05) is 0 Å². The zero-order chi connectivity index (χ0) is 33.9. The van der Waals surface area contributed by atoms with E-state index >= 15 is 0 Å². The van der Waals surface area contributed by atoms with Gasteiger partial charge in [0.05, 0.1) is 78.2 Å². The molecule has 8 N–H and O–H groups in total. The highest BCUT2D eigenvalue weighted by Crippen LogP contribution is 2.23. The molecule has 2 aliphatic heterocycles. The van der Waals surface area contributed by atoms with Crippen LogP contribution in [0.3, 0.4) is 0 Å². The van der Waals surface area contributed by atoms with Crippen LogP contribution in [0.25, 0.3) is 0 Å². The number of hydrogen-bond donors (Lipinski definition) is 8. The molecule has 2 heterocycles. The van der Waals surface area contributed by atoms with Crippen LogP contribution in [-0.2, 0) is 47.5 Å². The Labute approximate surface area is 268 Å². The molecule has 18 heteroatoms. The summed E-state index contributed by atoms with van der Waals surface area (Å²) in [5.74, 6) is -0.788. The average molecular weight is 673 g/mol. The Morgan fingerprint density at radius 1 is 0.630 bits per heavy atom. The van der Waals surface area contributed by atoms with E-state index in [0.29, 0.717) is 46.1 Å². The van der Waals surface area contributed by atoms with Gasteiger partial charge in [-0.25, -0.2) is 0 Å². The topological polar surface area (TPSA) is 253 Å². The van der Waals surface area contributed by atoms with Gasteiger partial charge >= 0.3 is 0 Å². The lowest BCUT2D eigenvalue weighted by Crippen LogP contribution is -2.64. The second-order valence-electron chi connectivity index (χ2n) is 10.8. The summed E-state index contributed by atoms with van der Waals surface area (Å²) in [6, 6.07) is -1.72. The summed E-state index contributed by atoms with van der Waals surface area (Å²) < 4.78 is 44.2. The fraction of sp³-hybridized carbons (Fsp3) is 0.929. The van der Waals surface area contributed by atoms with E-state index in [1.165, 1.54) is 13.8 Å². The van der Waals surface area contributed by atoms with E-state index in [0.717, 1.165) is 0 Å². The molecule has 270 valence electrons. The summed E-state index contributed by atoms with van der Waals surface area (Å²) in [7, 11) is 0. The zero-order valence-corrected chi connectivity index (χ0v) is 26.4. The number of aliphatic hydroxyl groups is 6. The van der Waals surface area contributed by atoms with E-state index in [1.54, 1.807) is 0 Å². The van der Waals surface area contributed by atoms with Gasteiger partial charge in [0.15, 0.2) is 12.6 Å². The van der Waals surface area contributed by atoms with Crippen molar-refractivity contribution in [3.63, 3.8) is 0 Å². The number of ether oxygens (including phenoxy) is 8. The van der Waals surface area contributed by atoms with Crippen molar-refractivity contribution in [1.29, 1.82) is 0 Å². The van der Waals surface area contributed by atoms with Crippen molar-refractivity contribution in [1.82, 2.24) is 10.6 Å². The molecule has 0 aliphatic carbocycles. The maximum atomic E-state index is 11.5. The Hall–Kier alpha value is -1.62. The lowest BCUT2D eigenvalue weighted by molar-refractivity contribution is -0.272. The van der Waals surface area contributed by atoms with E-state index in [-0.39, 0.29) is 38.8 Å². The first kappa shape index (κ1) is 40.6. The van der Waals surface area contributed by atoms with Crippen LogP contribution in [0.15, 0.2) is 0 Å². The molecule has 2 amide bonds. The third-order valence-corrected chi connectivity index (χ3v) is 7.07. The molecule has 0 aromatic heterocycles. The van der Waals surface area contributed by atoms with Gasteiger partial charge in [0, 0.05) is 33.5 Å². The quantitative estimate of drug-likeness (QED) is 0.0507. The van der Waals surface area contributed by atoms with Crippen molar-refractivity contribution in [2.75, 3.05) is 79.3 Å². The predicted molar refractivity (Wildman–Crippen MR) is 155 cm³/mol. The standard InChI is InChI=1S/C28H52N2O16/c1-17(33)29-19-14-20(35)24(36)21(15-31)45-27(19)43-12-10-41-8-6-39-4-3-5-40-7-9-42-11-13-44-28-23(30-18(2)34)26(38)25(37)22(16-32)46-28/h19-28,31-32,35-38H,3-16H2,1-2H3,(H,29,33)(H,30,34). The van der Waals surface area contributed by atoms with E-state index < -0.39 is 80.4 Å². The van der Waals surface area contributed by atoms with Crippen LogP contribution in [0.1, 0.15) is 26.7 Å². The van der Waals surface area contributed by atoms with Crippen LogP contribution in [0, 0.1) is 0 Å². The summed E-state index contributed by atoms with van der Waals surface area (Å²) >= 11 is 0. The average Bonchev–Trinajstić information content (AvgIpc) is 3.12. The van der Waals surface area contributed by atoms with Crippen LogP contribution in [0.5, 0.6) is 0 Å². The van der Waals surface area contributed by atoms with E-state index in [9.17, 15) is 40.2 Å². The monoisotopic (exact) mass is 672 g/mol. The lowest BCUT2D eigenvalue weighted by atomic mass is 9.97. The Morgan fingerprint density at radius 2 is 1.09 bits per heavy atom. The molecule has 0 radical (unpaired) electrons. The van der Waals surface area contributed by atoms with E-state index in [4.69, 9.17) is 37.9 Å². The van der Waals surface area contributed by atoms with Crippen LogP contribution in [0.4, 0.5) is 0 Å². The Kier molecular flexibility index (Phi) is 20.2. The Morgan fingerprint density at radius 3 is 1.61 bits per heavy atom. The van der Waals surface area contributed by atoms with Crippen LogP contribution >= 0.6 is 0 Å². The van der Waals surface area contributed by atoms with Crippen molar-refractivity contribution in [2.24, 2.45) is 0 Å². The van der Waals surface area contributed by atoms with Gasteiger partial charge in [0.1, 0.15) is 36.6 Å². The maximum absolute atomic E-state index is 11.5. The van der Waals surface area contributed by atoms with Gasteiger partial charge in [-0.1, -0.05) is 0 Å². The third kappa shape index (κ3) is 14.7. The van der Waals surface area contributed by atoms with Gasteiger partial charge in [0.2, 0.25) is 11.8 Å². The van der Waals surface area contributed by atoms with Gasteiger partial charge in [-0.15, -0.1) is 0 Å². The number of aliphatic hydroxyl groups excluding tert-OH is 6. The highest BCUT2D eigenvalue weighted by Gasteiger charge is 2.45. The minimum Gasteiger partial charge on any atom is -0.394 e. The molecule has 2 rings (SSSR count). The number of carbonyl (C=O) groups excluding carboxylic acids is 2. The van der Waals surface area contributed by atoms with Crippen molar-refractivity contribution in [2.45, 2.75) is 88.0 Å². The SMILES string of the molecule is CC(=O)NC1CC(O)C(O)C(CO)OC1OCCOCCOCCCOCCOCCOC1OC(CO)C(O)C(O)C1NC(C)=O. The Bertz CT molecular complexity index is 843. The van der Waals surface area contributed by atoms with Crippen molar-refractivity contribution < 1.29 is 78.1 Å². The molecule has 18 nitrogen and oxygen atoms in total. The number of amides is 2. The van der Waals surface area contributed by atoms with Crippen LogP contribution in [0.2, 0.25) is 0 Å².